The molecule has 1 amide bonds. The fourth-order valence-electron chi connectivity index (χ4n) is 2.59. The zero-order chi connectivity index (χ0) is 20.4. The molecule has 0 spiro atoms. The monoisotopic (exact) mass is 413 g/mol. The van der Waals surface area contributed by atoms with E-state index < -0.39 is 35.2 Å². The molecule has 7 nitrogen and oxygen atoms in total. The normalized spacial score (nSPS) is 13.1. The molecule has 0 radical (unpaired) electrons. The molecule has 2 aromatic carbocycles. The van der Waals surface area contributed by atoms with Crippen LogP contribution < -0.4 is 0 Å². The molecule has 2 aromatic rings. The predicted molar refractivity (Wildman–Crippen MR) is 98.0 cm³/mol. The Hall–Kier alpha value is -2.32. The molecule has 144 valence electrons. The number of nitrogens with zero attached hydrogens (tertiary/aromatic N) is 1. The second-order valence-electron chi connectivity index (χ2n) is 6.09. The molecule has 2 rings (SSSR count). The molecule has 0 bridgehead atoms. The quantitative estimate of drug-likeness (QED) is 0.250. The van der Waals surface area contributed by atoms with Crippen LogP contribution >= 0.6 is 23.2 Å². The van der Waals surface area contributed by atoms with E-state index in [0.717, 1.165) is 19.2 Å². The van der Waals surface area contributed by atoms with Crippen LogP contribution in [-0.4, -0.2) is 44.3 Å². The molecule has 4 N–H and O–H groups in total. The lowest BCUT2D eigenvalue weighted by Gasteiger charge is -2.29. The number of rotatable bonds is 6. The number of hydroxylamine groups is 2. The summed E-state index contributed by atoms with van der Waals surface area (Å²) in [6.45, 7) is 0. The Morgan fingerprint density at radius 2 is 1.70 bits per heavy atom. The minimum Gasteiger partial charge on any atom is -0.504 e. The highest BCUT2D eigenvalue weighted by atomic mass is 35.5. The number of ketones is 1. The van der Waals surface area contributed by atoms with E-state index in [0.29, 0.717) is 10.6 Å². The standard InChI is InChI=1S/C18H17Cl2NO6/c1-21(27)17(25)16(24)9-18(26,11-3-5-14(22)15(23)7-11)8-10-2-4-12(19)13(20)6-10/h2-7,22-23,26-27H,8-9H2,1H3. The number of phenolic OH excluding ortho intramolecular Hbond substituents is 2. The number of phenols is 2. The number of halogens is 2. The van der Waals surface area contributed by atoms with Crippen LogP contribution in [0.1, 0.15) is 17.5 Å². The van der Waals surface area contributed by atoms with Gasteiger partial charge in [-0.15, -0.1) is 0 Å². The van der Waals surface area contributed by atoms with Crippen molar-refractivity contribution in [2.24, 2.45) is 0 Å². The first-order valence-corrected chi connectivity index (χ1v) is 8.47. The van der Waals surface area contributed by atoms with Gasteiger partial charge >= 0.3 is 5.91 Å². The Bertz CT molecular complexity index is 886. The van der Waals surface area contributed by atoms with E-state index in [1.165, 1.54) is 18.2 Å². The number of hydrogen-bond acceptors (Lipinski definition) is 6. The van der Waals surface area contributed by atoms with Crippen molar-refractivity contribution in [3.05, 3.63) is 57.6 Å². The van der Waals surface area contributed by atoms with Crippen LogP contribution in [0.25, 0.3) is 0 Å². The van der Waals surface area contributed by atoms with E-state index in [1.54, 1.807) is 6.07 Å². The van der Waals surface area contributed by atoms with Gasteiger partial charge in [0.2, 0.25) is 5.78 Å². The summed E-state index contributed by atoms with van der Waals surface area (Å²) >= 11 is 11.9. The second-order valence-corrected chi connectivity index (χ2v) is 6.90. The zero-order valence-electron chi connectivity index (χ0n) is 14.2. The molecule has 0 aliphatic rings. The lowest BCUT2D eigenvalue weighted by Crippen LogP contribution is -2.38. The van der Waals surface area contributed by atoms with Gasteiger partial charge in [-0.1, -0.05) is 35.3 Å². The average Bonchev–Trinajstić information content (AvgIpc) is 2.59. The fourth-order valence-corrected chi connectivity index (χ4v) is 2.91. The van der Waals surface area contributed by atoms with Crippen LogP contribution in [0.5, 0.6) is 11.5 Å². The van der Waals surface area contributed by atoms with E-state index in [4.69, 9.17) is 23.2 Å². The van der Waals surface area contributed by atoms with Gasteiger partial charge in [-0.2, -0.15) is 0 Å². The molecule has 1 atom stereocenters. The summed E-state index contributed by atoms with van der Waals surface area (Å²) in [6.07, 6.45) is -0.830. The average molecular weight is 414 g/mol. The minimum atomic E-state index is -1.93. The number of Topliss-reactive ketones (excluding diaryl/α,β-unsaturated/α-hetero) is 1. The third-order valence-electron chi connectivity index (χ3n) is 3.98. The first-order chi connectivity index (χ1) is 12.5. The van der Waals surface area contributed by atoms with Crippen molar-refractivity contribution in [3.8, 4) is 11.5 Å². The van der Waals surface area contributed by atoms with Crippen LogP contribution in [0.2, 0.25) is 10.0 Å². The molecule has 0 fully saturated rings. The van der Waals surface area contributed by atoms with E-state index in [9.17, 15) is 30.1 Å². The number of amides is 1. The summed E-state index contributed by atoms with van der Waals surface area (Å²) < 4.78 is 0. The molecule has 9 heteroatoms. The lowest BCUT2D eigenvalue weighted by molar-refractivity contribution is -0.167. The maximum Gasteiger partial charge on any atom is 0.313 e. The van der Waals surface area contributed by atoms with Gasteiger partial charge in [0.05, 0.1) is 10.0 Å². The lowest BCUT2D eigenvalue weighted by atomic mass is 9.82. The number of aromatic hydroxyl groups is 2. The smallest absolute Gasteiger partial charge is 0.313 e. The Labute approximate surface area is 164 Å². The van der Waals surface area contributed by atoms with Crippen LogP contribution in [0, 0.1) is 0 Å². The largest absolute Gasteiger partial charge is 0.504 e. The van der Waals surface area contributed by atoms with E-state index >= 15 is 0 Å². The Kier molecular flexibility index (Phi) is 6.33. The predicted octanol–water partition coefficient (Wildman–Crippen LogP) is 2.64. The summed E-state index contributed by atoms with van der Waals surface area (Å²) in [5.74, 6) is -3.16. The molecule has 0 aliphatic carbocycles. The van der Waals surface area contributed by atoms with Crippen molar-refractivity contribution < 1.29 is 30.1 Å². The maximum absolute atomic E-state index is 12.2. The van der Waals surface area contributed by atoms with Crippen molar-refractivity contribution in [2.45, 2.75) is 18.4 Å². The molecule has 0 aliphatic heterocycles. The van der Waals surface area contributed by atoms with Crippen LogP contribution in [-0.2, 0) is 21.6 Å². The van der Waals surface area contributed by atoms with Gasteiger partial charge in [-0.05, 0) is 35.4 Å². The molecular weight excluding hydrogens is 397 g/mol. The van der Waals surface area contributed by atoms with Crippen molar-refractivity contribution in [3.63, 3.8) is 0 Å². The fraction of sp³-hybridized carbons (Fsp3) is 0.222. The molecule has 1 unspecified atom stereocenters. The topological polar surface area (TPSA) is 118 Å². The summed E-state index contributed by atoms with van der Waals surface area (Å²) in [4.78, 5) is 23.9. The summed E-state index contributed by atoms with van der Waals surface area (Å²) in [6, 6.07) is 8.15. The molecule has 0 aromatic heterocycles. The van der Waals surface area contributed by atoms with Gasteiger partial charge in [0.1, 0.15) is 5.60 Å². The van der Waals surface area contributed by atoms with Crippen LogP contribution in [0.15, 0.2) is 36.4 Å². The summed E-state index contributed by atoms with van der Waals surface area (Å²) in [5.41, 5.74) is -1.33. The number of carbonyl (C=O) groups excluding carboxylic acids is 2. The Morgan fingerprint density at radius 3 is 2.26 bits per heavy atom. The van der Waals surface area contributed by atoms with Crippen molar-refractivity contribution in [2.75, 3.05) is 7.05 Å². The number of benzene rings is 2. The Morgan fingerprint density at radius 1 is 1.04 bits per heavy atom. The van der Waals surface area contributed by atoms with Crippen LogP contribution in [0.3, 0.4) is 0 Å². The van der Waals surface area contributed by atoms with Gasteiger partial charge in [0.15, 0.2) is 11.5 Å². The summed E-state index contributed by atoms with van der Waals surface area (Å²) in [5, 5.41) is 40.2. The van der Waals surface area contributed by atoms with E-state index in [-0.39, 0.29) is 22.1 Å². The van der Waals surface area contributed by atoms with Crippen molar-refractivity contribution >= 4 is 34.9 Å². The molecular formula is C18H17Cl2NO6. The molecule has 0 saturated heterocycles. The first kappa shape index (κ1) is 21.0. The van der Waals surface area contributed by atoms with Gasteiger partial charge < -0.3 is 15.3 Å². The SMILES string of the molecule is CN(O)C(=O)C(=O)CC(O)(Cc1ccc(Cl)c(Cl)c1)c1ccc(O)c(O)c1. The third-order valence-corrected chi connectivity index (χ3v) is 4.72. The number of likely N-dealkylation sites (N-methyl/N-ethyl adjacent to an activating group) is 1. The van der Waals surface area contributed by atoms with Gasteiger partial charge in [-0.3, -0.25) is 14.8 Å². The molecule has 0 heterocycles. The first-order valence-electron chi connectivity index (χ1n) is 7.72. The maximum atomic E-state index is 12.2. The van der Waals surface area contributed by atoms with Crippen LogP contribution in [0.4, 0.5) is 0 Å². The van der Waals surface area contributed by atoms with E-state index in [2.05, 4.69) is 0 Å². The number of hydrogen-bond donors (Lipinski definition) is 4. The highest BCUT2D eigenvalue weighted by Gasteiger charge is 2.36. The van der Waals surface area contributed by atoms with E-state index in [1.807, 2.05) is 0 Å². The minimum absolute atomic E-state index is 0.0885. The third kappa shape index (κ3) is 4.90. The second kappa shape index (κ2) is 8.14. The van der Waals surface area contributed by atoms with Crippen molar-refractivity contribution in [1.29, 1.82) is 0 Å². The molecule has 0 saturated carbocycles. The number of carbonyl (C=O) groups is 2. The van der Waals surface area contributed by atoms with Gasteiger partial charge in [0.25, 0.3) is 0 Å². The van der Waals surface area contributed by atoms with Crippen molar-refractivity contribution in [1.82, 2.24) is 5.06 Å². The Balaban J connectivity index is 2.46. The van der Waals surface area contributed by atoms with Gasteiger partial charge in [0, 0.05) is 19.9 Å². The highest BCUT2D eigenvalue weighted by molar-refractivity contribution is 6.42. The zero-order valence-corrected chi connectivity index (χ0v) is 15.7. The van der Waals surface area contributed by atoms with Gasteiger partial charge in [-0.25, -0.2) is 5.06 Å². The summed E-state index contributed by atoms with van der Waals surface area (Å²) in [7, 11) is 0.991. The highest BCUT2D eigenvalue weighted by Crippen LogP contribution is 2.36. The molecule has 27 heavy (non-hydrogen) atoms. The number of aliphatic hydroxyl groups is 1.